The third kappa shape index (κ3) is 5.75. The van der Waals surface area contributed by atoms with Crippen LogP contribution in [-0.4, -0.2) is 50.7 Å². The van der Waals surface area contributed by atoms with Crippen molar-refractivity contribution in [2.45, 2.75) is 32.7 Å². The fourth-order valence-corrected chi connectivity index (χ4v) is 2.23. The SMILES string of the molecule is CCC(C)c1ccc(C[N+](C)(C)CCN(C)C)cc1. The molecule has 0 fully saturated rings. The molecular weight excluding hydrogens is 232 g/mol. The Balaban J connectivity index is 2.61. The molecule has 108 valence electrons. The Hall–Kier alpha value is -0.860. The number of quaternary nitrogens is 1. The van der Waals surface area contributed by atoms with Gasteiger partial charge < -0.3 is 9.38 Å². The average Bonchev–Trinajstić information content (AvgIpc) is 2.36. The summed E-state index contributed by atoms with van der Waals surface area (Å²) < 4.78 is 1.04. The van der Waals surface area contributed by atoms with Crippen LogP contribution in [0.2, 0.25) is 0 Å². The van der Waals surface area contributed by atoms with Crippen LogP contribution < -0.4 is 0 Å². The largest absolute Gasteiger partial charge is 0.324 e. The molecule has 19 heavy (non-hydrogen) atoms. The molecular formula is C17H31N2+. The van der Waals surface area contributed by atoms with Gasteiger partial charge in [0.05, 0.1) is 20.6 Å². The number of likely N-dealkylation sites (N-methyl/N-ethyl adjacent to an activating group) is 2. The molecule has 1 aromatic rings. The topological polar surface area (TPSA) is 3.24 Å². The van der Waals surface area contributed by atoms with Gasteiger partial charge in [-0.1, -0.05) is 38.1 Å². The van der Waals surface area contributed by atoms with Crippen molar-refractivity contribution in [2.75, 3.05) is 41.3 Å². The van der Waals surface area contributed by atoms with E-state index in [-0.39, 0.29) is 0 Å². The van der Waals surface area contributed by atoms with Crippen LogP contribution in [0.4, 0.5) is 0 Å². The molecule has 0 heterocycles. The Kier molecular flexibility index (Phi) is 6.02. The molecule has 1 rings (SSSR count). The van der Waals surface area contributed by atoms with Crippen LogP contribution >= 0.6 is 0 Å². The van der Waals surface area contributed by atoms with Gasteiger partial charge in [0.15, 0.2) is 0 Å². The Morgan fingerprint density at radius 3 is 2.16 bits per heavy atom. The van der Waals surface area contributed by atoms with Crippen LogP contribution in [0.3, 0.4) is 0 Å². The molecule has 1 atom stereocenters. The summed E-state index contributed by atoms with van der Waals surface area (Å²) in [6.45, 7) is 7.97. The predicted molar refractivity (Wildman–Crippen MR) is 84.4 cm³/mol. The summed E-state index contributed by atoms with van der Waals surface area (Å²) >= 11 is 0. The Labute approximate surface area is 119 Å². The molecule has 0 aliphatic carbocycles. The predicted octanol–water partition coefficient (Wildman–Crippen LogP) is 3.34. The first-order valence-corrected chi connectivity index (χ1v) is 7.39. The maximum Gasteiger partial charge on any atom is 0.104 e. The monoisotopic (exact) mass is 263 g/mol. The molecule has 0 amide bonds. The van der Waals surface area contributed by atoms with Crippen LogP contribution in [0.25, 0.3) is 0 Å². The van der Waals surface area contributed by atoms with Gasteiger partial charge in [-0.15, -0.1) is 0 Å². The van der Waals surface area contributed by atoms with Gasteiger partial charge in [-0.05, 0) is 32.0 Å². The molecule has 0 saturated heterocycles. The normalized spacial score (nSPS) is 13.8. The summed E-state index contributed by atoms with van der Waals surface area (Å²) in [5.74, 6) is 0.672. The molecule has 1 aromatic carbocycles. The molecule has 2 heteroatoms. The fourth-order valence-electron chi connectivity index (χ4n) is 2.23. The summed E-state index contributed by atoms with van der Waals surface area (Å²) in [5.41, 5.74) is 2.90. The maximum absolute atomic E-state index is 2.31. The molecule has 0 N–H and O–H groups in total. The summed E-state index contributed by atoms with van der Waals surface area (Å²) in [4.78, 5) is 2.26. The lowest BCUT2D eigenvalue weighted by Crippen LogP contribution is -2.43. The molecule has 0 radical (unpaired) electrons. The zero-order valence-electron chi connectivity index (χ0n) is 13.6. The van der Waals surface area contributed by atoms with E-state index in [9.17, 15) is 0 Å². The number of rotatable bonds is 7. The molecule has 0 aromatic heterocycles. The third-order valence-electron chi connectivity index (χ3n) is 3.92. The van der Waals surface area contributed by atoms with Crippen molar-refractivity contribution >= 4 is 0 Å². The Morgan fingerprint density at radius 2 is 1.68 bits per heavy atom. The summed E-state index contributed by atoms with van der Waals surface area (Å²) in [5, 5.41) is 0. The van der Waals surface area contributed by atoms with E-state index in [1.807, 2.05) is 0 Å². The summed E-state index contributed by atoms with van der Waals surface area (Å²) in [6.07, 6.45) is 1.21. The molecule has 0 aliphatic rings. The number of benzene rings is 1. The van der Waals surface area contributed by atoms with Crippen LogP contribution in [0.1, 0.15) is 37.3 Å². The lowest BCUT2D eigenvalue weighted by atomic mass is 9.97. The number of hydrogen-bond donors (Lipinski definition) is 0. The van der Waals surface area contributed by atoms with E-state index in [4.69, 9.17) is 0 Å². The van der Waals surface area contributed by atoms with Crippen molar-refractivity contribution in [3.63, 3.8) is 0 Å². The maximum atomic E-state index is 2.31. The quantitative estimate of drug-likeness (QED) is 0.682. The molecule has 0 aliphatic heterocycles. The third-order valence-corrected chi connectivity index (χ3v) is 3.92. The van der Waals surface area contributed by atoms with Gasteiger partial charge in [0.25, 0.3) is 0 Å². The first kappa shape index (κ1) is 16.2. The average molecular weight is 263 g/mol. The highest BCUT2D eigenvalue weighted by Crippen LogP contribution is 2.19. The Morgan fingerprint density at radius 1 is 1.11 bits per heavy atom. The lowest BCUT2D eigenvalue weighted by molar-refractivity contribution is -0.903. The zero-order chi connectivity index (χ0) is 14.5. The van der Waals surface area contributed by atoms with Crippen molar-refractivity contribution in [3.8, 4) is 0 Å². The summed E-state index contributed by atoms with van der Waals surface area (Å²) in [7, 11) is 8.90. The second-order valence-electron chi connectivity index (χ2n) is 6.67. The van der Waals surface area contributed by atoms with Crippen molar-refractivity contribution < 1.29 is 4.48 Å². The second kappa shape index (κ2) is 7.06. The van der Waals surface area contributed by atoms with Crippen LogP contribution in [-0.2, 0) is 6.54 Å². The van der Waals surface area contributed by atoms with E-state index in [1.165, 1.54) is 24.1 Å². The van der Waals surface area contributed by atoms with Gasteiger partial charge in [0, 0.05) is 12.1 Å². The van der Waals surface area contributed by atoms with Crippen LogP contribution in [0, 0.1) is 0 Å². The van der Waals surface area contributed by atoms with Gasteiger partial charge in [-0.25, -0.2) is 0 Å². The second-order valence-corrected chi connectivity index (χ2v) is 6.67. The molecule has 2 nitrogen and oxygen atoms in total. The van der Waals surface area contributed by atoms with Gasteiger partial charge >= 0.3 is 0 Å². The van der Waals surface area contributed by atoms with Crippen molar-refractivity contribution in [3.05, 3.63) is 35.4 Å². The van der Waals surface area contributed by atoms with E-state index in [0.29, 0.717) is 5.92 Å². The lowest BCUT2D eigenvalue weighted by Gasteiger charge is -2.31. The molecule has 0 saturated carbocycles. The molecule has 0 spiro atoms. The van der Waals surface area contributed by atoms with Crippen LogP contribution in [0.5, 0.6) is 0 Å². The smallest absolute Gasteiger partial charge is 0.104 e. The highest BCUT2D eigenvalue weighted by Gasteiger charge is 2.16. The van der Waals surface area contributed by atoms with E-state index in [1.54, 1.807) is 0 Å². The first-order valence-electron chi connectivity index (χ1n) is 7.39. The number of hydrogen-bond acceptors (Lipinski definition) is 1. The van der Waals surface area contributed by atoms with Crippen LogP contribution in [0.15, 0.2) is 24.3 Å². The van der Waals surface area contributed by atoms with Gasteiger partial charge in [-0.3, -0.25) is 0 Å². The van der Waals surface area contributed by atoms with Crippen molar-refractivity contribution in [2.24, 2.45) is 0 Å². The van der Waals surface area contributed by atoms with Crippen molar-refractivity contribution in [1.82, 2.24) is 4.90 Å². The number of nitrogens with zero attached hydrogens (tertiary/aromatic N) is 2. The highest BCUT2D eigenvalue weighted by molar-refractivity contribution is 5.24. The van der Waals surface area contributed by atoms with E-state index in [2.05, 4.69) is 71.2 Å². The molecule has 1 unspecified atom stereocenters. The highest BCUT2D eigenvalue weighted by atomic mass is 15.3. The minimum absolute atomic E-state index is 0.672. The van der Waals surface area contributed by atoms with Gasteiger partial charge in [0.1, 0.15) is 6.54 Å². The van der Waals surface area contributed by atoms with E-state index in [0.717, 1.165) is 17.6 Å². The van der Waals surface area contributed by atoms with E-state index < -0.39 is 0 Å². The Bertz CT molecular complexity index is 365. The zero-order valence-corrected chi connectivity index (χ0v) is 13.6. The standard InChI is InChI=1S/C17H31N2/c1-7-15(2)17-10-8-16(9-11-17)14-19(5,6)13-12-18(3)4/h8-11,15H,7,12-14H2,1-6H3/q+1. The summed E-state index contributed by atoms with van der Waals surface area (Å²) in [6, 6.07) is 9.21. The van der Waals surface area contributed by atoms with Gasteiger partial charge in [0.2, 0.25) is 0 Å². The minimum atomic E-state index is 0.672. The van der Waals surface area contributed by atoms with Gasteiger partial charge in [-0.2, -0.15) is 0 Å². The first-order chi connectivity index (χ1) is 8.84. The molecule has 0 bridgehead atoms. The van der Waals surface area contributed by atoms with E-state index >= 15 is 0 Å². The fraction of sp³-hybridized carbons (Fsp3) is 0.647. The minimum Gasteiger partial charge on any atom is -0.324 e. The van der Waals surface area contributed by atoms with Crippen molar-refractivity contribution in [1.29, 1.82) is 0 Å².